The standard InChI is InChI=1S/C15H21N5O/c1-19(2)10-18-14-13-5-6-20(15(13)17-9-16-14)12-4-3-11(7-12)8-21/h5-6,9-12,21H,3-4,7-8H2,1-2H3/b18-10+. The average molecular weight is 287 g/mol. The number of hydrogen-bond donors (Lipinski definition) is 1. The molecule has 1 aliphatic rings. The van der Waals surface area contributed by atoms with Crippen molar-refractivity contribution >= 4 is 23.2 Å². The van der Waals surface area contributed by atoms with Gasteiger partial charge in [0.25, 0.3) is 0 Å². The van der Waals surface area contributed by atoms with Crippen molar-refractivity contribution in [3.05, 3.63) is 18.6 Å². The highest BCUT2D eigenvalue weighted by Crippen LogP contribution is 2.37. The van der Waals surface area contributed by atoms with Crippen LogP contribution >= 0.6 is 0 Å². The van der Waals surface area contributed by atoms with E-state index >= 15 is 0 Å². The smallest absolute Gasteiger partial charge is 0.166 e. The fraction of sp³-hybridized carbons (Fsp3) is 0.533. The summed E-state index contributed by atoms with van der Waals surface area (Å²) in [4.78, 5) is 15.0. The fourth-order valence-corrected chi connectivity index (χ4v) is 2.99. The van der Waals surface area contributed by atoms with Gasteiger partial charge >= 0.3 is 0 Å². The highest BCUT2D eigenvalue weighted by atomic mass is 16.3. The SMILES string of the molecule is CN(C)/C=N/c1ncnc2c1ccn2C1CCC(CO)C1. The Labute approximate surface area is 124 Å². The van der Waals surface area contributed by atoms with E-state index in [1.807, 2.05) is 25.1 Å². The molecule has 0 aromatic carbocycles. The number of aliphatic hydroxyl groups is 1. The molecule has 6 nitrogen and oxygen atoms in total. The molecule has 0 radical (unpaired) electrons. The Hall–Kier alpha value is -1.95. The van der Waals surface area contributed by atoms with Crippen LogP contribution in [0.1, 0.15) is 25.3 Å². The molecule has 2 heterocycles. The van der Waals surface area contributed by atoms with Crippen molar-refractivity contribution in [1.29, 1.82) is 0 Å². The highest BCUT2D eigenvalue weighted by Gasteiger charge is 2.26. The molecule has 2 unspecified atom stereocenters. The third-order valence-electron chi connectivity index (χ3n) is 4.06. The van der Waals surface area contributed by atoms with Crippen LogP contribution < -0.4 is 0 Å². The van der Waals surface area contributed by atoms with Crippen LogP contribution in [0.3, 0.4) is 0 Å². The van der Waals surface area contributed by atoms with Crippen LogP contribution in [-0.2, 0) is 0 Å². The molecule has 112 valence electrons. The lowest BCUT2D eigenvalue weighted by Gasteiger charge is -2.13. The predicted octanol–water partition coefficient (Wildman–Crippen LogP) is 1.99. The Bertz CT molecular complexity index is 649. The summed E-state index contributed by atoms with van der Waals surface area (Å²) in [5.41, 5.74) is 0.930. The number of rotatable bonds is 4. The molecule has 2 aromatic rings. The molecular formula is C15H21N5O. The first-order valence-corrected chi connectivity index (χ1v) is 7.32. The van der Waals surface area contributed by atoms with Gasteiger partial charge in [0.05, 0.1) is 11.7 Å². The van der Waals surface area contributed by atoms with Gasteiger partial charge in [0.15, 0.2) is 5.82 Å². The lowest BCUT2D eigenvalue weighted by atomic mass is 10.1. The maximum atomic E-state index is 9.30. The molecule has 0 spiro atoms. The second-order valence-electron chi connectivity index (χ2n) is 5.88. The van der Waals surface area contributed by atoms with E-state index in [0.717, 1.165) is 30.3 Å². The number of fused-ring (bicyclic) bond motifs is 1. The highest BCUT2D eigenvalue weighted by molar-refractivity contribution is 5.87. The zero-order chi connectivity index (χ0) is 14.8. The van der Waals surface area contributed by atoms with E-state index in [0.29, 0.717) is 17.8 Å². The van der Waals surface area contributed by atoms with Gasteiger partial charge in [-0.2, -0.15) is 0 Å². The van der Waals surface area contributed by atoms with E-state index in [1.54, 1.807) is 12.7 Å². The first-order valence-electron chi connectivity index (χ1n) is 7.32. The van der Waals surface area contributed by atoms with Gasteiger partial charge in [-0.15, -0.1) is 0 Å². The van der Waals surface area contributed by atoms with Crippen LogP contribution in [0.4, 0.5) is 5.82 Å². The molecule has 1 aliphatic carbocycles. The maximum absolute atomic E-state index is 9.30. The van der Waals surface area contributed by atoms with Crippen molar-refractivity contribution < 1.29 is 5.11 Å². The first-order chi connectivity index (χ1) is 10.2. The van der Waals surface area contributed by atoms with E-state index in [4.69, 9.17) is 0 Å². The Morgan fingerprint density at radius 3 is 3.00 bits per heavy atom. The van der Waals surface area contributed by atoms with Crippen molar-refractivity contribution in [3.63, 3.8) is 0 Å². The minimum atomic E-state index is 0.281. The van der Waals surface area contributed by atoms with Crippen LogP contribution in [0.15, 0.2) is 23.6 Å². The topological polar surface area (TPSA) is 66.5 Å². The summed E-state index contributed by atoms with van der Waals surface area (Å²) < 4.78 is 2.21. The molecule has 1 fully saturated rings. The number of aromatic nitrogens is 3. The molecule has 1 N–H and O–H groups in total. The van der Waals surface area contributed by atoms with E-state index < -0.39 is 0 Å². The summed E-state index contributed by atoms with van der Waals surface area (Å²) in [7, 11) is 3.86. The van der Waals surface area contributed by atoms with Gasteiger partial charge in [-0.3, -0.25) is 0 Å². The molecule has 0 amide bonds. The van der Waals surface area contributed by atoms with E-state index in [2.05, 4.69) is 25.7 Å². The Balaban J connectivity index is 1.94. The summed E-state index contributed by atoms with van der Waals surface area (Å²) in [5.74, 6) is 1.12. The maximum Gasteiger partial charge on any atom is 0.166 e. The van der Waals surface area contributed by atoms with Gasteiger partial charge in [0.2, 0.25) is 0 Å². The third-order valence-corrected chi connectivity index (χ3v) is 4.06. The molecule has 2 atom stereocenters. The van der Waals surface area contributed by atoms with Gasteiger partial charge in [-0.05, 0) is 31.2 Å². The lowest BCUT2D eigenvalue weighted by molar-refractivity contribution is 0.226. The van der Waals surface area contributed by atoms with Crippen molar-refractivity contribution in [2.45, 2.75) is 25.3 Å². The van der Waals surface area contributed by atoms with E-state index in [-0.39, 0.29) is 6.61 Å². The number of aliphatic imine (C=N–C) groups is 1. The number of hydrogen-bond acceptors (Lipinski definition) is 4. The fourth-order valence-electron chi connectivity index (χ4n) is 2.99. The van der Waals surface area contributed by atoms with Crippen LogP contribution in [0.2, 0.25) is 0 Å². The van der Waals surface area contributed by atoms with Gasteiger partial charge in [-0.25, -0.2) is 15.0 Å². The van der Waals surface area contributed by atoms with Crippen molar-refractivity contribution in [3.8, 4) is 0 Å². The third kappa shape index (κ3) is 2.76. The van der Waals surface area contributed by atoms with E-state index in [1.165, 1.54) is 0 Å². The average Bonchev–Trinajstić information content (AvgIpc) is 3.10. The Morgan fingerprint density at radius 2 is 2.29 bits per heavy atom. The molecular weight excluding hydrogens is 266 g/mol. The van der Waals surface area contributed by atoms with Crippen LogP contribution in [-0.4, -0.2) is 51.6 Å². The summed E-state index contributed by atoms with van der Waals surface area (Å²) in [6.45, 7) is 0.281. The minimum absolute atomic E-state index is 0.281. The molecule has 6 heteroatoms. The predicted molar refractivity (Wildman–Crippen MR) is 82.8 cm³/mol. The molecule has 0 saturated heterocycles. The summed E-state index contributed by atoms with van der Waals surface area (Å²) in [5, 5.41) is 10.3. The molecule has 1 saturated carbocycles. The zero-order valence-electron chi connectivity index (χ0n) is 12.5. The molecule has 0 bridgehead atoms. The Kier molecular flexibility index (Phi) is 3.88. The van der Waals surface area contributed by atoms with Crippen LogP contribution in [0, 0.1) is 5.92 Å². The molecule has 3 rings (SSSR count). The Morgan fingerprint density at radius 1 is 1.43 bits per heavy atom. The summed E-state index contributed by atoms with van der Waals surface area (Å²) in [6, 6.07) is 2.45. The van der Waals surface area contributed by atoms with Crippen molar-refractivity contribution in [1.82, 2.24) is 19.4 Å². The van der Waals surface area contributed by atoms with Gasteiger partial charge in [-0.1, -0.05) is 0 Å². The minimum Gasteiger partial charge on any atom is -0.396 e. The largest absolute Gasteiger partial charge is 0.396 e. The number of nitrogens with zero attached hydrogens (tertiary/aromatic N) is 5. The quantitative estimate of drug-likeness (QED) is 0.690. The summed E-state index contributed by atoms with van der Waals surface area (Å²) >= 11 is 0. The van der Waals surface area contributed by atoms with Crippen LogP contribution in [0.5, 0.6) is 0 Å². The molecule has 0 aliphatic heterocycles. The van der Waals surface area contributed by atoms with E-state index in [9.17, 15) is 5.11 Å². The van der Waals surface area contributed by atoms with Gasteiger partial charge in [0, 0.05) is 32.9 Å². The van der Waals surface area contributed by atoms with Crippen LogP contribution in [0.25, 0.3) is 11.0 Å². The lowest BCUT2D eigenvalue weighted by Crippen LogP contribution is -2.07. The van der Waals surface area contributed by atoms with Gasteiger partial charge in [0.1, 0.15) is 12.0 Å². The first kappa shape index (κ1) is 14.0. The molecule has 2 aromatic heterocycles. The van der Waals surface area contributed by atoms with Gasteiger partial charge < -0.3 is 14.6 Å². The van der Waals surface area contributed by atoms with Crippen molar-refractivity contribution in [2.24, 2.45) is 10.9 Å². The second kappa shape index (κ2) is 5.81. The number of aliphatic hydroxyl groups excluding tert-OH is 1. The monoisotopic (exact) mass is 287 g/mol. The summed E-state index contributed by atoms with van der Waals surface area (Å²) in [6.07, 6.45) is 8.57. The second-order valence-corrected chi connectivity index (χ2v) is 5.88. The normalized spacial score (nSPS) is 22.4. The van der Waals surface area contributed by atoms with Crippen molar-refractivity contribution in [2.75, 3.05) is 20.7 Å². The molecule has 21 heavy (non-hydrogen) atoms. The zero-order valence-corrected chi connectivity index (χ0v) is 12.5.